The van der Waals surface area contributed by atoms with Gasteiger partial charge in [0.05, 0.1) is 6.61 Å². The molecule has 1 aromatic heterocycles. The van der Waals surface area contributed by atoms with Crippen LogP contribution in [0.2, 0.25) is 0 Å². The second-order valence-electron chi connectivity index (χ2n) is 5.93. The minimum Gasteiger partial charge on any atom is -0.463 e. The summed E-state index contributed by atoms with van der Waals surface area (Å²) in [5, 5.41) is 2.95. The van der Waals surface area contributed by atoms with E-state index in [9.17, 15) is 9.59 Å². The smallest absolute Gasteiger partial charge is 0.330 e. The highest BCUT2D eigenvalue weighted by atomic mass is 16.5. The van der Waals surface area contributed by atoms with Gasteiger partial charge in [-0.25, -0.2) is 4.79 Å². The number of ether oxygens (including phenoxy) is 1. The van der Waals surface area contributed by atoms with Gasteiger partial charge < -0.3 is 10.1 Å². The van der Waals surface area contributed by atoms with Gasteiger partial charge >= 0.3 is 5.97 Å². The lowest BCUT2D eigenvalue weighted by Gasteiger charge is -2.05. The highest BCUT2D eigenvalue weighted by Gasteiger charge is 2.43. The Morgan fingerprint density at radius 1 is 1.20 bits per heavy atom. The van der Waals surface area contributed by atoms with Gasteiger partial charge in [0.2, 0.25) is 5.91 Å². The monoisotopic (exact) mass is 336 g/mol. The molecule has 128 valence electrons. The summed E-state index contributed by atoms with van der Waals surface area (Å²) < 4.78 is 4.83. The summed E-state index contributed by atoms with van der Waals surface area (Å²) >= 11 is 0. The zero-order valence-electron chi connectivity index (χ0n) is 14.0. The van der Waals surface area contributed by atoms with Crippen molar-refractivity contribution in [2.24, 2.45) is 5.92 Å². The van der Waals surface area contributed by atoms with Crippen LogP contribution in [-0.2, 0) is 14.3 Å². The number of anilines is 1. The van der Waals surface area contributed by atoms with Crippen LogP contribution in [0, 0.1) is 5.92 Å². The normalized spacial score (nSPS) is 18.8. The first-order valence-corrected chi connectivity index (χ1v) is 8.33. The first-order chi connectivity index (χ1) is 12.2. The molecule has 0 unspecified atom stereocenters. The van der Waals surface area contributed by atoms with Crippen LogP contribution >= 0.6 is 0 Å². The molecule has 0 radical (unpaired) electrons. The minimum absolute atomic E-state index is 0.0192. The number of nitrogens with one attached hydrogen (secondary N) is 1. The summed E-state index contributed by atoms with van der Waals surface area (Å²) in [6.45, 7) is 2.12. The molecular weight excluding hydrogens is 316 g/mol. The molecule has 1 aliphatic rings. The van der Waals surface area contributed by atoms with Crippen LogP contribution in [0.15, 0.2) is 54.9 Å². The van der Waals surface area contributed by atoms with Crippen LogP contribution in [0.25, 0.3) is 6.08 Å². The Kier molecular flexibility index (Phi) is 5.23. The van der Waals surface area contributed by atoms with Gasteiger partial charge in [-0.2, -0.15) is 0 Å². The lowest BCUT2D eigenvalue weighted by molar-refractivity contribution is -0.137. The summed E-state index contributed by atoms with van der Waals surface area (Å²) in [5.74, 6) is -0.0204. The summed E-state index contributed by atoms with van der Waals surface area (Å²) in [5.41, 5.74) is 2.78. The van der Waals surface area contributed by atoms with Crippen molar-refractivity contribution in [2.75, 3.05) is 11.9 Å². The number of benzene rings is 1. The average Bonchev–Trinajstić information content (AvgIpc) is 3.43. The van der Waals surface area contributed by atoms with E-state index >= 15 is 0 Å². The van der Waals surface area contributed by atoms with E-state index in [2.05, 4.69) is 10.3 Å². The molecule has 1 saturated carbocycles. The minimum atomic E-state index is -0.365. The lowest BCUT2D eigenvalue weighted by atomic mass is 10.1. The van der Waals surface area contributed by atoms with Crippen LogP contribution in [0.3, 0.4) is 0 Å². The zero-order valence-corrected chi connectivity index (χ0v) is 14.0. The van der Waals surface area contributed by atoms with Gasteiger partial charge in [-0.15, -0.1) is 0 Å². The molecule has 1 amide bonds. The third kappa shape index (κ3) is 4.53. The molecule has 0 aliphatic heterocycles. The van der Waals surface area contributed by atoms with Crippen LogP contribution in [0.1, 0.15) is 30.4 Å². The predicted octanol–water partition coefficient (Wildman–Crippen LogP) is 3.40. The summed E-state index contributed by atoms with van der Waals surface area (Å²) in [4.78, 5) is 27.6. The number of hydrogen-bond acceptors (Lipinski definition) is 4. The van der Waals surface area contributed by atoms with Gasteiger partial charge in [0.15, 0.2) is 0 Å². The van der Waals surface area contributed by atoms with Crippen molar-refractivity contribution in [3.63, 3.8) is 0 Å². The SMILES string of the molecule is CCOC(=O)/C=C/c1ccc(NC(=O)[C@@H]2C[C@H]2c2ccncc2)cc1. The molecular formula is C20H20N2O3. The van der Waals surface area contributed by atoms with E-state index in [-0.39, 0.29) is 23.7 Å². The van der Waals surface area contributed by atoms with Gasteiger partial charge in [0.25, 0.3) is 0 Å². The van der Waals surface area contributed by atoms with E-state index < -0.39 is 0 Å². The molecule has 1 N–H and O–H groups in total. The van der Waals surface area contributed by atoms with Crippen molar-refractivity contribution in [3.05, 3.63) is 66.0 Å². The fourth-order valence-electron chi connectivity index (χ4n) is 2.73. The quantitative estimate of drug-likeness (QED) is 0.648. The molecule has 1 aromatic carbocycles. The number of nitrogens with zero attached hydrogens (tertiary/aromatic N) is 1. The topological polar surface area (TPSA) is 68.3 Å². The van der Waals surface area contributed by atoms with Crippen LogP contribution in [0.4, 0.5) is 5.69 Å². The van der Waals surface area contributed by atoms with Crippen LogP contribution in [-0.4, -0.2) is 23.5 Å². The van der Waals surface area contributed by atoms with Crippen molar-refractivity contribution in [1.29, 1.82) is 0 Å². The molecule has 1 heterocycles. The van der Waals surface area contributed by atoms with E-state index in [1.54, 1.807) is 25.4 Å². The highest BCUT2D eigenvalue weighted by molar-refractivity contribution is 5.95. The molecule has 1 aliphatic carbocycles. The van der Waals surface area contributed by atoms with Crippen molar-refractivity contribution in [2.45, 2.75) is 19.3 Å². The van der Waals surface area contributed by atoms with E-state index in [4.69, 9.17) is 4.74 Å². The second kappa shape index (κ2) is 7.75. The van der Waals surface area contributed by atoms with E-state index in [1.165, 1.54) is 6.08 Å². The Morgan fingerprint density at radius 2 is 1.92 bits per heavy atom. The first-order valence-electron chi connectivity index (χ1n) is 8.33. The molecule has 2 atom stereocenters. The van der Waals surface area contributed by atoms with Crippen LogP contribution in [0.5, 0.6) is 0 Å². The maximum Gasteiger partial charge on any atom is 0.330 e. The first kappa shape index (κ1) is 16.9. The lowest BCUT2D eigenvalue weighted by Crippen LogP contribution is -2.14. The van der Waals surface area contributed by atoms with Crippen molar-refractivity contribution >= 4 is 23.6 Å². The van der Waals surface area contributed by atoms with Gasteiger partial charge in [0.1, 0.15) is 0 Å². The van der Waals surface area contributed by atoms with Gasteiger partial charge in [0, 0.05) is 30.1 Å². The highest BCUT2D eigenvalue weighted by Crippen LogP contribution is 2.47. The van der Waals surface area contributed by atoms with Crippen molar-refractivity contribution < 1.29 is 14.3 Å². The molecule has 2 aromatic rings. The number of aromatic nitrogens is 1. The number of hydrogen-bond donors (Lipinski definition) is 1. The Balaban J connectivity index is 1.54. The Hall–Kier alpha value is -2.95. The molecule has 5 nitrogen and oxygen atoms in total. The second-order valence-corrected chi connectivity index (χ2v) is 5.93. The Labute approximate surface area is 146 Å². The summed E-state index contributed by atoms with van der Waals surface area (Å²) in [6.07, 6.45) is 7.46. The standard InChI is InChI=1S/C20H20N2O3/c1-2-25-19(23)8-5-14-3-6-16(7-4-14)22-20(24)18-13-17(18)15-9-11-21-12-10-15/h3-12,17-18H,2,13H2,1H3,(H,22,24)/b8-5+/t17-,18+/m0/s1. The van der Waals surface area contributed by atoms with Crippen molar-refractivity contribution in [3.8, 4) is 0 Å². The van der Waals surface area contributed by atoms with E-state index in [0.717, 1.165) is 23.2 Å². The number of amides is 1. The molecule has 1 fully saturated rings. The van der Waals surface area contributed by atoms with Crippen LogP contribution < -0.4 is 5.32 Å². The fourth-order valence-corrected chi connectivity index (χ4v) is 2.73. The zero-order chi connectivity index (χ0) is 17.6. The molecule has 0 spiro atoms. The fraction of sp³-hybridized carbons (Fsp3) is 0.250. The maximum atomic E-state index is 12.3. The number of carbonyl (C=O) groups excluding carboxylic acids is 2. The molecule has 5 heteroatoms. The Bertz CT molecular complexity index is 769. The Morgan fingerprint density at radius 3 is 2.60 bits per heavy atom. The number of esters is 1. The molecule has 0 bridgehead atoms. The predicted molar refractivity (Wildman–Crippen MR) is 95.8 cm³/mol. The number of rotatable bonds is 6. The summed E-state index contributed by atoms with van der Waals surface area (Å²) in [6, 6.07) is 11.3. The summed E-state index contributed by atoms with van der Waals surface area (Å²) in [7, 11) is 0. The van der Waals surface area contributed by atoms with Gasteiger partial charge in [-0.05, 0) is 60.7 Å². The molecule has 3 rings (SSSR count). The van der Waals surface area contributed by atoms with E-state index in [1.807, 2.05) is 36.4 Å². The van der Waals surface area contributed by atoms with E-state index in [0.29, 0.717) is 6.61 Å². The molecule has 25 heavy (non-hydrogen) atoms. The van der Waals surface area contributed by atoms with Gasteiger partial charge in [-0.1, -0.05) is 12.1 Å². The average molecular weight is 336 g/mol. The molecule has 0 saturated heterocycles. The third-order valence-electron chi connectivity index (χ3n) is 4.14. The number of pyridine rings is 1. The third-order valence-corrected chi connectivity index (χ3v) is 4.14. The largest absolute Gasteiger partial charge is 0.463 e. The van der Waals surface area contributed by atoms with Gasteiger partial charge in [-0.3, -0.25) is 9.78 Å². The number of carbonyl (C=O) groups is 2. The van der Waals surface area contributed by atoms with Crippen molar-refractivity contribution in [1.82, 2.24) is 4.98 Å². The maximum absolute atomic E-state index is 12.3.